The van der Waals surface area contributed by atoms with E-state index in [0.29, 0.717) is 52.6 Å². The molecule has 9 heteroatoms. The molecule has 1 aliphatic heterocycles. The van der Waals surface area contributed by atoms with Crippen LogP contribution in [0, 0.1) is 0 Å². The predicted octanol–water partition coefficient (Wildman–Crippen LogP) is 3.14. The molecule has 0 saturated carbocycles. The third-order valence-electron chi connectivity index (χ3n) is 5.75. The van der Waals surface area contributed by atoms with E-state index in [4.69, 9.17) is 14.2 Å². The average molecular weight is 485 g/mol. The van der Waals surface area contributed by atoms with Crippen molar-refractivity contribution < 1.29 is 23.8 Å². The van der Waals surface area contributed by atoms with Crippen molar-refractivity contribution in [2.24, 2.45) is 0 Å². The highest BCUT2D eigenvalue weighted by molar-refractivity contribution is 6.08. The number of fused-ring (bicyclic) bond motifs is 2. The van der Waals surface area contributed by atoms with Gasteiger partial charge in [-0.3, -0.25) is 19.0 Å². The van der Waals surface area contributed by atoms with E-state index < -0.39 is 11.8 Å². The number of carbonyl (C=O) groups is 2. The lowest BCUT2D eigenvalue weighted by Crippen LogP contribution is -2.34. The number of benzene rings is 3. The summed E-state index contributed by atoms with van der Waals surface area (Å²) in [6, 6.07) is 19.0. The van der Waals surface area contributed by atoms with Gasteiger partial charge in [-0.2, -0.15) is 0 Å². The Kier molecular flexibility index (Phi) is 6.27. The first-order valence-electron chi connectivity index (χ1n) is 11.3. The summed E-state index contributed by atoms with van der Waals surface area (Å²) in [6.07, 6.45) is 1.47. The number of ether oxygens (including phenoxy) is 3. The maximum Gasteiger partial charge on any atom is 0.263 e. The summed E-state index contributed by atoms with van der Waals surface area (Å²) in [5.74, 6) is 0.743. The van der Waals surface area contributed by atoms with E-state index in [2.05, 4.69) is 10.6 Å². The molecule has 182 valence electrons. The van der Waals surface area contributed by atoms with Crippen LogP contribution in [0.4, 0.5) is 5.69 Å². The van der Waals surface area contributed by atoms with Gasteiger partial charge in [0.25, 0.3) is 11.5 Å². The molecule has 0 spiro atoms. The highest BCUT2D eigenvalue weighted by Gasteiger charge is 2.18. The number of amides is 2. The number of nitrogens with zero attached hydrogens (tertiary/aromatic N) is 1. The fraction of sp³-hybridized carbons (Fsp3) is 0.148. The first-order chi connectivity index (χ1) is 17.5. The Hall–Kier alpha value is -4.79. The zero-order chi connectivity index (χ0) is 25.1. The summed E-state index contributed by atoms with van der Waals surface area (Å²) in [6.45, 7) is 0.643. The van der Waals surface area contributed by atoms with E-state index >= 15 is 0 Å². The van der Waals surface area contributed by atoms with Crippen molar-refractivity contribution in [3.63, 3.8) is 0 Å². The molecule has 5 rings (SSSR count). The largest absolute Gasteiger partial charge is 0.495 e. The lowest BCUT2D eigenvalue weighted by molar-refractivity contribution is -0.115. The highest BCUT2D eigenvalue weighted by Crippen LogP contribution is 2.32. The van der Waals surface area contributed by atoms with E-state index in [9.17, 15) is 14.4 Å². The van der Waals surface area contributed by atoms with E-state index in [1.54, 1.807) is 66.7 Å². The molecular weight excluding hydrogens is 462 g/mol. The minimum atomic E-state index is -0.493. The molecule has 0 saturated heterocycles. The summed E-state index contributed by atoms with van der Waals surface area (Å²) in [4.78, 5) is 39.0. The van der Waals surface area contributed by atoms with Gasteiger partial charge >= 0.3 is 0 Å². The first kappa shape index (κ1) is 23.0. The molecule has 2 heterocycles. The average Bonchev–Trinajstić information content (AvgIpc) is 2.92. The second-order valence-corrected chi connectivity index (χ2v) is 8.02. The van der Waals surface area contributed by atoms with Gasteiger partial charge in [0.2, 0.25) is 5.91 Å². The monoisotopic (exact) mass is 485 g/mol. The molecule has 0 bridgehead atoms. The molecule has 2 N–H and O–H groups in total. The molecule has 0 fully saturated rings. The topological polar surface area (TPSA) is 108 Å². The number of rotatable bonds is 6. The van der Waals surface area contributed by atoms with Crippen LogP contribution in [0.1, 0.15) is 10.4 Å². The Bertz CT molecular complexity index is 1530. The van der Waals surface area contributed by atoms with Crippen LogP contribution >= 0.6 is 0 Å². The Labute approximate surface area is 206 Å². The Morgan fingerprint density at radius 3 is 2.47 bits per heavy atom. The number of hydrogen-bond acceptors (Lipinski definition) is 6. The van der Waals surface area contributed by atoms with Crippen LogP contribution in [-0.4, -0.2) is 43.2 Å². The lowest BCUT2D eigenvalue weighted by Gasteiger charge is -2.19. The van der Waals surface area contributed by atoms with Gasteiger partial charge in [-0.25, -0.2) is 0 Å². The number of aromatic nitrogens is 1. The van der Waals surface area contributed by atoms with Crippen LogP contribution < -0.4 is 30.4 Å². The van der Waals surface area contributed by atoms with Crippen molar-refractivity contribution in [2.75, 3.05) is 32.2 Å². The van der Waals surface area contributed by atoms with Crippen molar-refractivity contribution in [1.29, 1.82) is 0 Å². The van der Waals surface area contributed by atoms with Gasteiger partial charge in [0, 0.05) is 28.7 Å². The predicted molar refractivity (Wildman–Crippen MR) is 134 cm³/mol. The van der Waals surface area contributed by atoms with Crippen molar-refractivity contribution in [3.05, 3.63) is 88.8 Å². The Morgan fingerprint density at radius 1 is 0.944 bits per heavy atom. The van der Waals surface area contributed by atoms with E-state index in [1.807, 2.05) is 0 Å². The fourth-order valence-electron chi connectivity index (χ4n) is 4.06. The second kappa shape index (κ2) is 9.83. The molecule has 3 aromatic carbocycles. The number of anilines is 1. The van der Waals surface area contributed by atoms with E-state index in [0.717, 1.165) is 0 Å². The summed E-state index contributed by atoms with van der Waals surface area (Å²) in [5.41, 5.74) is 0.987. The van der Waals surface area contributed by atoms with Crippen LogP contribution in [0.15, 0.2) is 77.7 Å². The summed E-state index contributed by atoms with van der Waals surface area (Å²) < 4.78 is 17.8. The molecule has 1 aromatic heterocycles. The maximum absolute atomic E-state index is 13.2. The van der Waals surface area contributed by atoms with Gasteiger partial charge in [0.05, 0.1) is 24.9 Å². The molecule has 9 nitrogen and oxygen atoms in total. The number of nitrogens with one attached hydrogen (secondary N) is 2. The SMILES string of the molecule is COc1ccccc1-n1cc(C(=O)NCC(=O)Nc2ccc3c(c2)OCCO3)c2ccccc2c1=O. The minimum absolute atomic E-state index is 0.253. The van der Waals surface area contributed by atoms with Gasteiger partial charge < -0.3 is 24.8 Å². The van der Waals surface area contributed by atoms with Crippen molar-refractivity contribution >= 4 is 28.3 Å². The fourth-order valence-corrected chi connectivity index (χ4v) is 4.06. The van der Waals surface area contributed by atoms with E-state index in [-0.39, 0.29) is 17.7 Å². The van der Waals surface area contributed by atoms with Crippen molar-refractivity contribution in [2.45, 2.75) is 0 Å². The maximum atomic E-state index is 13.2. The third kappa shape index (κ3) is 4.46. The summed E-state index contributed by atoms with van der Waals surface area (Å²) in [5, 5.41) is 6.24. The summed E-state index contributed by atoms with van der Waals surface area (Å²) >= 11 is 0. The van der Waals surface area contributed by atoms with Crippen LogP contribution in [-0.2, 0) is 4.79 Å². The second-order valence-electron chi connectivity index (χ2n) is 8.02. The molecule has 0 aliphatic carbocycles. The number of carbonyl (C=O) groups excluding carboxylic acids is 2. The molecule has 0 atom stereocenters. The van der Waals surface area contributed by atoms with Gasteiger partial charge in [-0.1, -0.05) is 30.3 Å². The molecule has 0 radical (unpaired) electrons. The quantitative estimate of drug-likeness (QED) is 0.435. The molecule has 0 unspecified atom stereocenters. The standard InChI is InChI=1S/C27H23N3O6/c1-34-22-9-5-4-8-21(22)30-16-20(18-6-2-3-7-19(18)27(30)33)26(32)28-15-25(31)29-17-10-11-23-24(14-17)36-13-12-35-23/h2-11,14,16H,12-13,15H2,1H3,(H,28,32)(H,29,31). The molecule has 36 heavy (non-hydrogen) atoms. The van der Waals surface area contributed by atoms with Gasteiger partial charge in [-0.05, 0) is 30.3 Å². The molecular formula is C27H23N3O6. The normalized spacial score (nSPS) is 12.1. The van der Waals surface area contributed by atoms with Crippen LogP contribution in [0.3, 0.4) is 0 Å². The third-order valence-corrected chi connectivity index (χ3v) is 5.75. The van der Waals surface area contributed by atoms with E-state index in [1.165, 1.54) is 17.9 Å². The molecule has 4 aromatic rings. The highest BCUT2D eigenvalue weighted by atomic mass is 16.6. The summed E-state index contributed by atoms with van der Waals surface area (Å²) in [7, 11) is 1.51. The smallest absolute Gasteiger partial charge is 0.263 e. The minimum Gasteiger partial charge on any atom is -0.495 e. The Balaban J connectivity index is 1.39. The van der Waals surface area contributed by atoms with Crippen LogP contribution in [0.2, 0.25) is 0 Å². The van der Waals surface area contributed by atoms with Gasteiger partial charge in [0.15, 0.2) is 11.5 Å². The number of pyridine rings is 1. The van der Waals surface area contributed by atoms with Crippen LogP contribution in [0.5, 0.6) is 17.2 Å². The van der Waals surface area contributed by atoms with Gasteiger partial charge in [0.1, 0.15) is 19.0 Å². The molecule has 1 aliphatic rings. The van der Waals surface area contributed by atoms with Crippen molar-refractivity contribution in [3.8, 4) is 22.9 Å². The molecule has 2 amide bonds. The zero-order valence-corrected chi connectivity index (χ0v) is 19.4. The first-order valence-corrected chi connectivity index (χ1v) is 11.3. The number of para-hydroxylation sites is 2. The van der Waals surface area contributed by atoms with Crippen molar-refractivity contribution in [1.82, 2.24) is 9.88 Å². The number of hydrogen-bond donors (Lipinski definition) is 2. The zero-order valence-electron chi connectivity index (χ0n) is 19.4. The van der Waals surface area contributed by atoms with Gasteiger partial charge in [-0.15, -0.1) is 0 Å². The van der Waals surface area contributed by atoms with Crippen LogP contribution in [0.25, 0.3) is 16.5 Å². The lowest BCUT2D eigenvalue weighted by atomic mass is 10.1. The Morgan fingerprint density at radius 2 is 1.67 bits per heavy atom. The number of methoxy groups -OCH3 is 1.